The van der Waals surface area contributed by atoms with Crippen LogP contribution in [0.25, 0.3) is 22.2 Å². The summed E-state index contributed by atoms with van der Waals surface area (Å²) in [6.45, 7) is 16.1. The number of alkyl carbamates (subject to hydrolysis) is 1. The summed E-state index contributed by atoms with van der Waals surface area (Å²) in [7, 11) is 1.54. The second-order valence-corrected chi connectivity index (χ2v) is 20.6. The van der Waals surface area contributed by atoms with Crippen molar-refractivity contribution in [3.05, 3.63) is 41.7 Å². The van der Waals surface area contributed by atoms with Gasteiger partial charge in [-0.2, -0.15) is 13.2 Å². The lowest BCUT2D eigenvalue weighted by Crippen LogP contribution is -2.61. The van der Waals surface area contributed by atoms with Gasteiger partial charge in [0, 0.05) is 93.8 Å². The van der Waals surface area contributed by atoms with Crippen LogP contribution in [0.15, 0.2) is 30.5 Å². The number of amides is 2. The summed E-state index contributed by atoms with van der Waals surface area (Å²) >= 11 is 0. The Labute approximate surface area is 407 Å². The average Bonchev–Trinajstić information content (AvgIpc) is 3.58. The number of aromatic nitrogens is 2. The molecule has 386 valence electrons. The van der Waals surface area contributed by atoms with Crippen LogP contribution in [0.4, 0.5) is 29.3 Å². The lowest BCUT2D eigenvalue weighted by molar-refractivity contribution is -0.148. The van der Waals surface area contributed by atoms with Crippen LogP contribution in [0.1, 0.15) is 85.1 Å². The van der Waals surface area contributed by atoms with Crippen molar-refractivity contribution in [3.63, 3.8) is 0 Å². The van der Waals surface area contributed by atoms with Gasteiger partial charge in [0.25, 0.3) is 5.91 Å². The van der Waals surface area contributed by atoms with E-state index in [1.807, 2.05) is 37.8 Å². The molecule has 0 saturated carbocycles. The first-order valence-corrected chi connectivity index (χ1v) is 24.1. The summed E-state index contributed by atoms with van der Waals surface area (Å²) < 4.78 is 75.3. The summed E-state index contributed by atoms with van der Waals surface area (Å²) in [5.74, 6) is -2.13. The highest BCUT2D eigenvalue weighted by molar-refractivity contribution is 5.95. The summed E-state index contributed by atoms with van der Waals surface area (Å²) in [5.41, 5.74) is 4.85. The van der Waals surface area contributed by atoms with Crippen molar-refractivity contribution < 1.29 is 61.1 Å². The van der Waals surface area contributed by atoms with Gasteiger partial charge in [0.2, 0.25) is 0 Å². The number of morpholine rings is 2. The number of halogens is 3. The summed E-state index contributed by atoms with van der Waals surface area (Å²) in [6, 6.07) is 5.29. The molecule has 3 N–H and O–H groups in total. The topological polar surface area (TPSA) is 190 Å². The van der Waals surface area contributed by atoms with E-state index in [2.05, 4.69) is 20.5 Å². The Kier molecular flexibility index (Phi) is 16.3. The van der Waals surface area contributed by atoms with Crippen LogP contribution in [-0.4, -0.2) is 164 Å². The molecule has 0 radical (unpaired) electrons. The average molecular weight is 987 g/mol. The first-order valence-electron chi connectivity index (χ1n) is 24.1. The third-order valence-corrected chi connectivity index (χ3v) is 13.3. The highest BCUT2D eigenvalue weighted by atomic mass is 19.4. The van der Waals surface area contributed by atoms with Crippen molar-refractivity contribution in [1.82, 2.24) is 30.2 Å². The molecule has 0 bridgehead atoms. The minimum absolute atomic E-state index is 0.00105. The zero-order chi connectivity index (χ0) is 50.7. The number of esters is 1. The molecule has 2 unspecified atom stereocenters. The number of ether oxygens (including phenoxy) is 5. The Morgan fingerprint density at radius 1 is 0.986 bits per heavy atom. The number of hydrogen-bond acceptors (Lipinski definition) is 14. The first-order chi connectivity index (χ1) is 33.0. The summed E-state index contributed by atoms with van der Waals surface area (Å²) in [6.07, 6.45) is -3.95. The van der Waals surface area contributed by atoms with Crippen molar-refractivity contribution in [1.29, 1.82) is 0 Å². The minimum atomic E-state index is -4.63. The number of anilines is 2. The normalized spacial score (nSPS) is 21.5. The number of fused-ring (bicyclic) bond motifs is 2. The van der Waals surface area contributed by atoms with E-state index < -0.39 is 72.0 Å². The molecule has 6 heterocycles. The van der Waals surface area contributed by atoms with E-state index in [9.17, 15) is 24.3 Å². The number of aliphatic carboxylic acids is 1. The Hall–Kier alpha value is -5.22. The highest BCUT2D eigenvalue weighted by Crippen LogP contribution is 2.44. The zero-order valence-corrected chi connectivity index (χ0v) is 41.5. The van der Waals surface area contributed by atoms with E-state index >= 15 is 13.2 Å². The fourth-order valence-corrected chi connectivity index (χ4v) is 9.85. The number of nitrogens with one attached hydrogen (secondary N) is 2. The Morgan fingerprint density at radius 3 is 2.44 bits per heavy atom. The molecule has 2 aromatic heterocycles. The predicted molar refractivity (Wildman–Crippen MR) is 254 cm³/mol. The van der Waals surface area contributed by atoms with Gasteiger partial charge < -0.3 is 48.5 Å². The van der Waals surface area contributed by atoms with Crippen molar-refractivity contribution in [3.8, 4) is 11.3 Å². The molecule has 4 saturated heterocycles. The maximum Gasteiger partial charge on any atom is 0.408 e. The number of nitrogens with zero attached hydrogens (tertiary/aromatic N) is 6. The van der Waals surface area contributed by atoms with E-state index in [0.29, 0.717) is 84.8 Å². The van der Waals surface area contributed by atoms with Crippen LogP contribution in [0.2, 0.25) is 0 Å². The number of benzene rings is 1. The molecule has 4 aliphatic rings. The van der Waals surface area contributed by atoms with Gasteiger partial charge >= 0.3 is 24.2 Å². The fraction of sp³-hybridized carbons (Fsp3) is 0.653. The van der Waals surface area contributed by atoms with Gasteiger partial charge in [0.15, 0.2) is 0 Å². The van der Waals surface area contributed by atoms with Gasteiger partial charge in [-0.15, -0.1) is 0 Å². The Morgan fingerprint density at radius 2 is 1.74 bits per heavy atom. The van der Waals surface area contributed by atoms with E-state index in [1.165, 1.54) is 23.6 Å². The first kappa shape index (κ1) is 52.6. The number of piperazine rings is 1. The smallest absolute Gasteiger partial charge is 0.408 e. The zero-order valence-electron chi connectivity index (χ0n) is 41.5. The lowest BCUT2D eigenvalue weighted by Gasteiger charge is -2.44. The minimum Gasteiger partial charge on any atom is -0.480 e. The molecule has 4 fully saturated rings. The van der Waals surface area contributed by atoms with Crippen molar-refractivity contribution in [2.75, 3.05) is 89.2 Å². The molecular formula is C49H69F3N8O10. The molecule has 21 heteroatoms. The maximum atomic E-state index is 15.0. The number of carbonyl (C=O) groups is 4. The van der Waals surface area contributed by atoms with Gasteiger partial charge in [-0.05, 0) is 76.8 Å². The van der Waals surface area contributed by atoms with Crippen LogP contribution in [-0.2, 0) is 51.0 Å². The largest absolute Gasteiger partial charge is 0.480 e. The molecule has 0 aliphatic carbocycles. The number of carboxylic acids is 1. The van der Waals surface area contributed by atoms with Crippen molar-refractivity contribution in [2.24, 2.45) is 5.41 Å². The molecule has 18 nitrogen and oxygen atoms in total. The molecule has 0 spiro atoms. The van der Waals surface area contributed by atoms with Gasteiger partial charge in [0.1, 0.15) is 24.2 Å². The number of pyridine rings is 1. The van der Waals surface area contributed by atoms with Crippen LogP contribution in [0.3, 0.4) is 0 Å². The summed E-state index contributed by atoms with van der Waals surface area (Å²) in [5, 5.41) is 14.2. The number of methoxy groups -OCH3 is 1. The molecule has 5 atom stereocenters. The third-order valence-electron chi connectivity index (χ3n) is 13.3. The van der Waals surface area contributed by atoms with Gasteiger partial charge in [-0.1, -0.05) is 13.8 Å². The fourth-order valence-electron chi connectivity index (χ4n) is 9.85. The molecule has 3 aromatic rings. The second-order valence-electron chi connectivity index (χ2n) is 20.6. The van der Waals surface area contributed by atoms with Crippen molar-refractivity contribution >= 4 is 46.2 Å². The van der Waals surface area contributed by atoms with Crippen LogP contribution in [0, 0.1) is 5.41 Å². The van der Waals surface area contributed by atoms with E-state index in [4.69, 9.17) is 28.7 Å². The number of alkyl halides is 3. The van der Waals surface area contributed by atoms with Gasteiger partial charge in [-0.3, -0.25) is 29.3 Å². The molecule has 70 heavy (non-hydrogen) atoms. The van der Waals surface area contributed by atoms with Gasteiger partial charge in [0.05, 0.1) is 67.9 Å². The van der Waals surface area contributed by atoms with Crippen molar-refractivity contribution in [2.45, 2.75) is 123 Å². The molecule has 7 rings (SSSR count). The van der Waals surface area contributed by atoms with Gasteiger partial charge in [-0.25, -0.2) is 10.2 Å². The van der Waals surface area contributed by atoms with E-state index in [0.717, 1.165) is 18.8 Å². The molecule has 2 amide bonds. The number of hydrogen-bond donors (Lipinski definition) is 3. The predicted octanol–water partition coefficient (Wildman–Crippen LogP) is 5.69. The van der Waals surface area contributed by atoms with E-state index in [1.54, 1.807) is 39.1 Å². The second kappa shape index (κ2) is 21.6. The van der Waals surface area contributed by atoms with Crippen LogP contribution >= 0.6 is 0 Å². The number of rotatable bonds is 15. The Balaban J connectivity index is 1.30. The monoisotopic (exact) mass is 987 g/mol. The lowest BCUT2D eigenvalue weighted by atomic mass is 9.84. The standard InChI is InChI=1S/C49H69F3N8O10/c1-30(66-8)42-37(21-33(24-53-42)57-15-14-56-16-18-67-27-34(56)25-57)43-38(23-48(6,7)29-69-31(2)61)36-20-32(11-12-41(36)59(43)28-49(50,51)52)58-17-19-68-35(26-58)22-40(54-46(65)70-47(3,4)5)44(62)60-13-9-10-39(55-60)45(63)64/h11-12,20-21,24,30,34-35,39-40,55H,9-10,13-19,22-23,25-29H2,1-8H3,(H,54,65)(H,63,64)/t30?,34-,35-,39-,40?/m0/s1. The maximum absolute atomic E-state index is 15.0. The van der Waals surface area contributed by atoms with E-state index in [-0.39, 0.29) is 45.2 Å². The number of hydrazine groups is 1. The molecule has 1 aromatic carbocycles. The summed E-state index contributed by atoms with van der Waals surface area (Å²) in [4.78, 5) is 62.8. The number of carbonyl (C=O) groups excluding carboxylic acids is 3. The highest BCUT2D eigenvalue weighted by Gasteiger charge is 2.39. The molecular weight excluding hydrogens is 918 g/mol. The SMILES string of the molecule is COC(C)c1ncc(N2CCN3CCOC[C@@H]3C2)cc1-c1c(CC(C)(C)COC(C)=O)c2cc(N3CCO[C@@H](CC(NC(=O)OC(C)(C)C)C(=O)N4CCC[C@@H](C(=O)O)N4)C3)ccc2n1CC(F)(F)F. The quantitative estimate of drug-likeness (QED) is 0.157. The Bertz CT molecular complexity index is 2370. The van der Waals surface area contributed by atoms with Crippen LogP contribution in [0.5, 0.6) is 0 Å². The molecule has 4 aliphatic heterocycles. The number of carboxylic acid groups (broad SMARTS) is 1. The third kappa shape index (κ3) is 13.0. The van der Waals surface area contributed by atoms with Crippen LogP contribution < -0.4 is 20.5 Å².